The molecule has 0 unspecified atom stereocenters. The molecule has 102 valence electrons. The van der Waals surface area contributed by atoms with Gasteiger partial charge in [-0.25, -0.2) is 9.78 Å². The quantitative estimate of drug-likeness (QED) is 0.527. The van der Waals surface area contributed by atoms with Crippen molar-refractivity contribution in [3.05, 3.63) is 35.0 Å². The highest BCUT2D eigenvalue weighted by molar-refractivity contribution is 7.99. The van der Waals surface area contributed by atoms with Gasteiger partial charge in [-0.05, 0) is 18.2 Å². The Bertz CT molecular complexity index is 791. The molecule has 0 atom stereocenters. The summed E-state index contributed by atoms with van der Waals surface area (Å²) >= 11 is 1.26. The summed E-state index contributed by atoms with van der Waals surface area (Å²) in [5.41, 5.74) is 1.69. The Morgan fingerprint density at radius 3 is 2.95 bits per heavy atom. The number of amides is 1. The topological polar surface area (TPSA) is 119 Å². The lowest BCUT2D eigenvalue weighted by Gasteiger charge is -2.04. The number of carbonyl (C=O) groups is 1. The zero-order valence-corrected chi connectivity index (χ0v) is 11.0. The van der Waals surface area contributed by atoms with Crippen molar-refractivity contribution in [3.8, 4) is 0 Å². The predicted octanol–water partition coefficient (Wildman–Crippen LogP) is 0.705. The van der Waals surface area contributed by atoms with E-state index in [4.69, 9.17) is 0 Å². The highest BCUT2D eigenvalue weighted by Gasteiger charge is 2.06. The van der Waals surface area contributed by atoms with Crippen molar-refractivity contribution in [1.82, 2.24) is 25.1 Å². The number of hydrogen-bond acceptors (Lipinski definition) is 5. The Balaban J connectivity index is 1.66. The lowest BCUT2D eigenvalue weighted by atomic mass is 10.3. The number of imidazole rings is 1. The van der Waals surface area contributed by atoms with Crippen molar-refractivity contribution in [2.45, 2.75) is 5.16 Å². The van der Waals surface area contributed by atoms with Gasteiger partial charge in [0.15, 0.2) is 5.16 Å². The molecule has 3 aromatic rings. The van der Waals surface area contributed by atoms with Crippen molar-refractivity contribution in [2.75, 3.05) is 11.1 Å². The minimum absolute atomic E-state index is 0.163. The van der Waals surface area contributed by atoms with Crippen LogP contribution >= 0.6 is 11.8 Å². The first-order valence-corrected chi connectivity index (χ1v) is 6.69. The van der Waals surface area contributed by atoms with Gasteiger partial charge >= 0.3 is 5.69 Å². The summed E-state index contributed by atoms with van der Waals surface area (Å²) in [6, 6.07) is 5.15. The SMILES string of the molecule is O=C(CSc1ncn[nH]1)Nc1ccc2[nH]c(=O)[nH]c2c1. The van der Waals surface area contributed by atoms with E-state index in [0.29, 0.717) is 21.9 Å². The van der Waals surface area contributed by atoms with Crippen molar-refractivity contribution in [2.24, 2.45) is 0 Å². The molecule has 0 bridgehead atoms. The van der Waals surface area contributed by atoms with Crippen LogP contribution in [0.4, 0.5) is 5.69 Å². The predicted molar refractivity (Wildman–Crippen MR) is 74.7 cm³/mol. The molecule has 0 aliphatic rings. The molecular formula is C11H10N6O2S. The number of benzene rings is 1. The standard InChI is InChI=1S/C11H10N6O2S/c18-9(4-20-11-12-5-13-17-11)14-6-1-2-7-8(3-6)16-10(19)15-7/h1-3,5H,4H2,(H,14,18)(H,12,13,17)(H2,15,16,19). The molecule has 2 heterocycles. The van der Waals surface area contributed by atoms with E-state index in [9.17, 15) is 9.59 Å². The van der Waals surface area contributed by atoms with E-state index in [1.165, 1.54) is 18.1 Å². The van der Waals surface area contributed by atoms with E-state index in [-0.39, 0.29) is 17.3 Å². The third-order valence-electron chi connectivity index (χ3n) is 2.53. The van der Waals surface area contributed by atoms with Gasteiger partial charge in [0.25, 0.3) is 0 Å². The second-order valence-electron chi connectivity index (χ2n) is 3.97. The molecular weight excluding hydrogens is 280 g/mol. The highest BCUT2D eigenvalue weighted by atomic mass is 32.2. The summed E-state index contributed by atoms with van der Waals surface area (Å²) in [7, 11) is 0. The monoisotopic (exact) mass is 290 g/mol. The molecule has 3 rings (SSSR count). The number of fused-ring (bicyclic) bond motifs is 1. The first-order valence-electron chi connectivity index (χ1n) is 5.71. The molecule has 0 saturated carbocycles. The molecule has 2 aromatic heterocycles. The largest absolute Gasteiger partial charge is 0.325 e. The molecule has 0 saturated heterocycles. The third-order valence-corrected chi connectivity index (χ3v) is 3.41. The van der Waals surface area contributed by atoms with Crippen LogP contribution in [0.5, 0.6) is 0 Å². The number of thioether (sulfide) groups is 1. The second kappa shape index (κ2) is 5.21. The number of hydrogen-bond donors (Lipinski definition) is 4. The van der Waals surface area contributed by atoms with E-state index < -0.39 is 0 Å². The van der Waals surface area contributed by atoms with Crippen LogP contribution in [0.2, 0.25) is 0 Å². The van der Waals surface area contributed by atoms with E-state index in [2.05, 4.69) is 30.5 Å². The van der Waals surface area contributed by atoms with Crippen molar-refractivity contribution in [3.63, 3.8) is 0 Å². The summed E-state index contributed by atoms with van der Waals surface area (Å²) < 4.78 is 0. The van der Waals surface area contributed by atoms with Crippen LogP contribution in [0.15, 0.2) is 34.5 Å². The van der Waals surface area contributed by atoms with Crippen LogP contribution in [0.25, 0.3) is 11.0 Å². The van der Waals surface area contributed by atoms with Gasteiger partial charge in [-0.3, -0.25) is 9.89 Å². The van der Waals surface area contributed by atoms with Gasteiger partial charge in [-0.15, -0.1) is 0 Å². The molecule has 9 heteroatoms. The lowest BCUT2D eigenvalue weighted by Crippen LogP contribution is -2.14. The maximum atomic E-state index is 11.8. The fourth-order valence-corrected chi connectivity index (χ4v) is 2.28. The van der Waals surface area contributed by atoms with Gasteiger partial charge < -0.3 is 15.3 Å². The number of nitrogens with zero attached hydrogens (tertiary/aromatic N) is 2. The molecule has 20 heavy (non-hydrogen) atoms. The fourth-order valence-electron chi connectivity index (χ4n) is 1.71. The van der Waals surface area contributed by atoms with Crippen LogP contribution in [0, 0.1) is 0 Å². The first-order chi connectivity index (χ1) is 9.70. The van der Waals surface area contributed by atoms with Crippen molar-refractivity contribution in [1.29, 1.82) is 0 Å². The van der Waals surface area contributed by atoms with Crippen LogP contribution in [0.3, 0.4) is 0 Å². The fraction of sp³-hybridized carbons (Fsp3) is 0.0909. The maximum Gasteiger partial charge on any atom is 0.323 e. The van der Waals surface area contributed by atoms with Crippen molar-refractivity contribution < 1.29 is 4.79 Å². The molecule has 0 fully saturated rings. The smallest absolute Gasteiger partial charge is 0.323 e. The van der Waals surface area contributed by atoms with Crippen LogP contribution in [0.1, 0.15) is 0 Å². The lowest BCUT2D eigenvalue weighted by molar-refractivity contribution is -0.113. The summed E-state index contributed by atoms with van der Waals surface area (Å²) in [6.07, 6.45) is 1.39. The maximum absolute atomic E-state index is 11.8. The minimum Gasteiger partial charge on any atom is -0.325 e. The Hall–Kier alpha value is -2.55. The molecule has 1 amide bonds. The Morgan fingerprint density at radius 2 is 2.15 bits per heavy atom. The summed E-state index contributed by atoms with van der Waals surface area (Å²) in [5, 5.41) is 9.69. The number of nitrogens with one attached hydrogen (secondary N) is 4. The number of aromatic nitrogens is 5. The second-order valence-corrected chi connectivity index (χ2v) is 4.93. The zero-order valence-electron chi connectivity index (χ0n) is 10.1. The Labute approximate surface area is 116 Å². The van der Waals surface area contributed by atoms with Crippen LogP contribution in [-0.4, -0.2) is 36.8 Å². The van der Waals surface area contributed by atoms with E-state index in [1.807, 2.05) is 0 Å². The zero-order chi connectivity index (χ0) is 13.9. The summed E-state index contributed by atoms with van der Waals surface area (Å²) in [5.74, 6) is 0.0558. The molecule has 1 aromatic carbocycles. The summed E-state index contributed by atoms with van der Waals surface area (Å²) in [4.78, 5) is 32.1. The van der Waals surface area contributed by atoms with Gasteiger partial charge in [-0.1, -0.05) is 11.8 Å². The van der Waals surface area contributed by atoms with E-state index in [0.717, 1.165) is 0 Å². The third kappa shape index (κ3) is 2.72. The molecule has 0 radical (unpaired) electrons. The number of rotatable bonds is 4. The van der Waals surface area contributed by atoms with Crippen LogP contribution < -0.4 is 11.0 Å². The van der Waals surface area contributed by atoms with Gasteiger partial charge in [0.2, 0.25) is 5.91 Å². The number of carbonyl (C=O) groups excluding carboxylic acids is 1. The number of aromatic amines is 3. The van der Waals surface area contributed by atoms with Gasteiger partial charge in [0, 0.05) is 5.69 Å². The van der Waals surface area contributed by atoms with Crippen molar-refractivity contribution >= 4 is 34.4 Å². The summed E-state index contributed by atoms with van der Waals surface area (Å²) in [6.45, 7) is 0. The average molecular weight is 290 g/mol. The Morgan fingerprint density at radius 1 is 1.30 bits per heavy atom. The average Bonchev–Trinajstić information content (AvgIpc) is 3.04. The number of H-pyrrole nitrogens is 3. The Kier molecular flexibility index (Phi) is 3.25. The van der Waals surface area contributed by atoms with Crippen LogP contribution in [-0.2, 0) is 4.79 Å². The normalized spacial score (nSPS) is 10.8. The molecule has 4 N–H and O–H groups in total. The number of anilines is 1. The molecule has 0 spiro atoms. The molecule has 0 aliphatic heterocycles. The molecule has 8 nitrogen and oxygen atoms in total. The first kappa shape index (κ1) is 12.5. The van der Waals surface area contributed by atoms with E-state index in [1.54, 1.807) is 18.2 Å². The van der Waals surface area contributed by atoms with E-state index >= 15 is 0 Å². The molecule has 0 aliphatic carbocycles. The van der Waals surface area contributed by atoms with Gasteiger partial charge in [0.1, 0.15) is 6.33 Å². The van der Waals surface area contributed by atoms with Gasteiger partial charge in [-0.2, -0.15) is 5.10 Å². The van der Waals surface area contributed by atoms with Gasteiger partial charge in [0.05, 0.1) is 16.8 Å². The minimum atomic E-state index is -0.274. The highest BCUT2D eigenvalue weighted by Crippen LogP contribution is 2.16.